The SMILES string of the molecule is C[C@H]1CC(Cc2ccccn2)Nc2cccc(n2)S(=O)(=O)NC(=O)c2ccc(C(C)(C)C)nc2N2C[C@@H]1CC2(C)C. The molecule has 1 fully saturated rings. The van der Waals surface area contributed by atoms with Crippen molar-refractivity contribution in [1.29, 1.82) is 0 Å². The third-order valence-electron chi connectivity index (χ3n) is 8.27. The molecule has 0 saturated carbocycles. The van der Waals surface area contributed by atoms with Gasteiger partial charge in [0, 0.05) is 47.5 Å². The fourth-order valence-corrected chi connectivity index (χ4v) is 6.93. The number of anilines is 2. The highest BCUT2D eigenvalue weighted by Gasteiger charge is 2.43. The van der Waals surface area contributed by atoms with Crippen molar-refractivity contribution in [2.45, 2.75) is 82.8 Å². The summed E-state index contributed by atoms with van der Waals surface area (Å²) in [4.78, 5) is 29.7. The fourth-order valence-electron chi connectivity index (χ4n) is 5.99. The van der Waals surface area contributed by atoms with Crippen LogP contribution in [0, 0.1) is 11.8 Å². The molecule has 2 N–H and O–H groups in total. The average molecular weight is 577 g/mol. The Kier molecular flexibility index (Phi) is 7.57. The number of hydrogen-bond donors (Lipinski definition) is 2. The zero-order valence-electron chi connectivity index (χ0n) is 24.7. The first-order valence-electron chi connectivity index (χ1n) is 14.2. The lowest BCUT2D eigenvalue weighted by molar-refractivity contribution is 0.0981. The maximum atomic E-state index is 13.6. The van der Waals surface area contributed by atoms with E-state index in [1.165, 1.54) is 6.07 Å². The van der Waals surface area contributed by atoms with E-state index in [1.807, 2.05) is 24.3 Å². The van der Waals surface area contributed by atoms with Crippen molar-refractivity contribution in [1.82, 2.24) is 19.7 Å². The van der Waals surface area contributed by atoms with Gasteiger partial charge in [0.25, 0.3) is 15.9 Å². The van der Waals surface area contributed by atoms with Gasteiger partial charge in [0.1, 0.15) is 11.6 Å². The molecule has 0 aromatic carbocycles. The van der Waals surface area contributed by atoms with Crippen molar-refractivity contribution in [3.05, 3.63) is 71.7 Å². The number of pyridine rings is 3. The van der Waals surface area contributed by atoms with Gasteiger partial charge in [-0.1, -0.05) is 39.8 Å². The van der Waals surface area contributed by atoms with Gasteiger partial charge in [0.05, 0.1) is 5.56 Å². The number of aromatic nitrogens is 3. The minimum Gasteiger partial charge on any atom is -0.367 e. The van der Waals surface area contributed by atoms with Crippen LogP contribution in [0.2, 0.25) is 0 Å². The Morgan fingerprint density at radius 1 is 1.05 bits per heavy atom. The first kappa shape index (κ1) is 29.0. The van der Waals surface area contributed by atoms with Gasteiger partial charge in [0.2, 0.25) is 0 Å². The first-order valence-corrected chi connectivity index (χ1v) is 15.7. The van der Waals surface area contributed by atoms with Gasteiger partial charge in [-0.05, 0) is 74.9 Å². The van der Waals surface area contributed by atoms with Crippen LogP contribution >= 0.6 is 0 Å². The Balaban J connectivity index is 1.62. The van der Waals surface area contributed by atoms with Crippen LogP contribution in [0.25, 0.3) is 0 Å². The smallest absolute Gasteiger partial charge is 0.281 e. The van der Waals surface area contributed by atoms with Crippen LogP contribution in [0.5, 0.6) is 0 Å². The van der Waals surface area contributed by atoms with E-state index in [1.54, 1.807) is 24.4 Å². The quantitative estimate of drug-likeness (QED) is 0.440. The van der Waals surface area contributed by atoms with E-state index in [4.69, 9.17) is 4.98 Å². The molecule has 9 nitrogen and oxygen atoms in total. The molecule has 3 aromatic rings. The van der Waals surface area contributed by atoms with Gasteiger partial charge < -0.3 is 10.2 Å². The van der Waals surface area contributed by atoms with Crippen LogP contribution in [0.15, 0.2) is 59.8 Å². The van der Waals surface area contributed by atoms with E-state index < -0.39 is 15.9 Å². The summed E-state index contributed by atoms with van der Waals surface area (Å²) in [6.07, 6.45) is 4.20. The second-order valence-corrected chi connectivity index (χ2v) is 14.7. The van der Waals surface area contributed by atoms with E-state index in [-0.39, 0.29) is 27.6 Å². The lowest BCUT2D eigenvalue weighted by Gasteiger charge is -2.34. The molecule has 2 aliphatic rings. The maximum Gasteiger partial charge on any atom is 0.281 e. The normalized spacial score (nSPS) is 23.9. The number of hydrogen-bond acceptors (Lipinski definition) is 8. The van der Waals surface area contributed by atoms with Crippen LogP contribution in [0.3, 0.4) is 0 Å². The summed E-state index contributed by atoms with van der Waals surface area (Å²) >= 11 is 0. The van der Waals surface area contributed by atoms with Gasteiger partial charge in [-0.15, -0.1) is 0 Å². The minimum absolute atomic E-state index is 0.0276. The summed E-state index contributed by atoms with van der Waals surface area (Å²) in [5.74, 6) is 0.893. The van der Waals surface area contributed by atoms with Crippen molar-refractivity contribution in [3.8, 4) is 0 Å². The number of nitrogens with zero attached hydrogens (tertiary/aromatic N) is 4. The molecular formula is C31H40N6O3S. The predicted octanol–water partition coefficient (Wildman–Crippen LogP) is 4.96. The summed E-state index contributed by atoms with van der Waals surface area (Å²) in [6.45, 7) is 13.6. The summed E-state index contributed by atoms with van der Waals surface area (Å²) in [5, 5.41) is 3.26. The summed E-state index contributed by atoms with van der Waals surface area (Å²) in [7, 11) is -4.25. The standard InChI is InChI=1S/C31H40N6O3S/c1-20-16-23(17-22-10-7-8-15-32-22)33-26-11-9-12-27(35-26)41(39,40)36-29(38)24-13-14-25(30(2,3)4)34-28(24)37-19-21(20)18-31(37,5)6/h7-15,20-21,23H,16-19H2,1-6H3,(H,33,35)(H,36,38)/t20-,21-,23?/m0/s1. The van der Waals surface area contributed by atoms with Gasteiger partial charge in [-0.3, -0.25) is 9.78 Å². The Morgan fingerprint density at radius 2 is 1.83 bits per heavy atom. The van der Waals surface area contributed by atoms with Gasteiger partial charge in [-0.25, -0.2) is 14.7 Å². The first-order chi connectivity index (χ1) is 19.2. The number of sulfonamides is 1. The van der Waals surface area contributed by atoms with Crippen molar-refractivity contribution >= 4 is 27.6 Å². The highest BCUT2D eigenvalue weighted by Crippen LogP contribution is 2.42. The third kappa shape index (κ3) is 6.22. The van der Waals surface area contributed by atoms with E-state index in [0.717, 1.165) is 24.2 Å². The van der Waals surface area contributed by atoms with Gasteiger partial charge in [0.15, 0.2) is 5.03 Å². The Hall–Kier alpha value is -3.53. The second kappa shape index (κ2) is 10.7. The lowest BCUT2D eigenvalue weighted by Crippen LogP contribution is -2.41. The second-order valence-electron chi connectivity index (χ2n) is 13.1. The molecule has 0 radical (unpaired) electrons. The van der Waals surface area contributed by atoms with E-state index in [9.17, 15) is 13.2 Å². The highest BCUT2D eigenvalue weighted by atomic mass is 32.2. The topological polar surface area (TPSA) is 117 Å². The summed E-state index contributed by atoms with van der Waals surface area (Å²) in [5.41, 5.74) is 1.49. The molecular weight excluding hydrogens is 536 g/mol. The Morgan fingerprint density at radius 3 is 2.54 bits per heavy atom. The molecule has 4 bridgehead atoms. The maximum absolute atomic E-state index is 13.6. The van der Waals surface area contributed by atoms with Crippen LogP contribution in [0.1, 0.15) is 76.1 Å². The van der Waals surface area contributed by atoms with Crippen molar-refractivity contribution in [2.75, 3.05) is 16.8 Å². The largest absolute Gasteiger partial charge is 0.367 e. The van der Waals surface area contributed by atoms with Gasteiger partial charge in [-0.2, -0.15) is 8.42 Å². The lowest BCUT2D eigenvalue weighted by atomic mass is 9.83. The van der Waals surface area contributed by atoms with Crippen LogP contribution in [-0.2, 0) is 21.9 Å². The van der Waals surface area contributed by atoms with E-state index in [2.05, 4.69) is 66.4 Å². The molecule has 41 heavy (non-hydrogen) atoms. The molecule has 1 unspecified atom stereocenters. The number of carbonyl (C=O) groups excluding carboxylic acids is 1. The summed E-state index contributed by atoms with van der Waals surface area (Å²) < 4.78 is 29.0. The molecule has 218 valence electrons. The number of rotatable bonds is 2. The number of carbonyl (C=O) groups is 1. The third-order valence-corrected chi connectivity index (χ3v) is 9.51. The number of amides is 1. The Labute approximate surface area is 243 Å². The van der Waals surface area contributed by atoms with Crippen LogP contribution in [0.4, 0.5) is 11.6 Å². The molecule has 1 saturated heterocycles. The average Bonchev–Trinajstić information content (AvgIpc) is 3.23. The van der Waals surface area contributed by atoms with E-state index >= 15 is 0 Å². The summed E-state index contributed by atoms with van der Waals surface area (Å²) in [6, 6.07) is 14.1. The minimum atomic E-state index is -4.25. The van der Waals surface area contributed by atoms with Crippen LogP contribution < -0.4 is 14.9 Å². The molecule has 0 spiro atoms. The zero-order valence-corrected chi connectivity index (χ0v) is 25.5. The molecule has 3 atom stereocenters. The van der Waals surface area contributed by atoms with Crippen LogP contribution in [-0.4, -0.2) is 47.4 Å². The Bertz CT molecular complexity index is 1530. The number of nitrogens with one attached hydrogen (secondary N) is 2. The van der Waals surface area contributed by atoms with Crippen molar-refractivity contribution < 1.29 is 13.2 Å². The molecule has 2 aliphatic heterocycles. The predicted molar refractivity (Wildman–Crippen MR) is 160 cm³/mol. The van der Waals surface area contributed by atoms with E-state index in [0.29, 0.717) is 36.4 Å². The molecule has 5 rings (SSSR count). The highest BCUT2D eigenvalue weighted by molar-refractivity contribution is 7.90. The fraction of sp³-hybridized carbons (Fsp3) is 0.484. The van der Waals surface area contributed by atoms with Crippen molar-refractivity contribution in [2.24, 2.45) is 11.8 Å². The zero-order chi connectivity index (χ0) is 29.6. The van der Waals surface area contributed by atoms with Gasteiger partial charge >= 0.3 is 0 Å². The molecule has 5 heterocycles. The molecule has 3 aromatic heterocycles. The monoisotopic (exact) mass is 576 g/mol. The van der Waals surface area contributed by atoms with Crippen molar-refractivity contribution in [3.63, 3.8) is 0 Å². The molecule has 0 aliphatic carbocycles. The number of fused-ring (bicyclic) bond motifs is 6. The molecule has 1 amide bonds. The molecule has 10 heteroatoms.